The zero-order valence-electron chi connectivity index (χ0n) is 5.64. The number of aromatic hydroxyl groups is 1. The van der Waals surface area contributed by atoms with Crippen molar-refractivity contribution in [3.05, 3.63) is 28.0 Å². The average Bonchev–Trinajstić information content (AvgIpc) is 2.00. The van der Waals surface area contributed by atoms with Gasteiger partial charge in [0.2, 0.25) is 0 Å². The number of hydrogen-bond donors (Lipinski definition) is 1. The van der Waals surface area contributed by atoms with Crippen LogP contribution in [-0.2, 0) is 0 Å². The summed E-state index contributed by atoms with van der Waals surface area (Å²) in [6, 6.07) is 2.53. The molecule has 0 aromatic heterocycles. The molecule has 0 aliphatic heterocycles. The fourth-order valence-corrected chi connectivity index (χ4v) is 1.14. The van der Waals surface area contributed by atoms with Crippen molar-refractivity contribution in [1.29, 1.82) is 0 Å². The molecule has 0 unspecified atom stereocenters. The van der Waals surface area contributed by atoms with Crippen LogP contribution in [0.25, 0.3) is 0 Å². The molecule has 0 saturated carbocycles. The van der Waals surface area contributed by atoms with E-state index in [2.05, 4.69) is 15.9 Å². The summed E-state index contributed by atoms with van der Waals surface area (Å²) in [6.07, 6.45) is 0. The van der Waals surface area contributed by atoms with Crippen LogP contribution in [0.4, 0.5) is 4.39 Å². The summed E-state index contributed by atoms with van der Waals surface area (Å²) < 4.78 is 13.1. The molecule has 1 rings (SSSR count). The smallest absolute Gasteiger partial charge is 0.255 e. The molecular weight excluding hydrogens is 250 g/mol. The maximum absolute atomic E-state index is 12.9. The Morgan fingerprint density at radius 2 is 2.17 bits per heavy atom. The molecule has 0 bridgehead atoms. The largest absolute Gasteiger partial charge is 0.504 e. The highest BCUT2D eigenvalue weighted by Gasteiger charge is 2.14. The topological polar surface area (TPSA) is 37.3 Å². The summed E-state index contributed by atoms with van der Waals surface area (Å²) in [5, 5.41) is 8.07. The highest BCUT2D eigenvalue weighted by molar-refractivity contribution is 9.10. The lowest BCUT2D eigenvalue weighted by molar-refractivity contribution is 0.107. The summed E-state index contributed by atoms with van der Waals surface area (Å²) in [7, 11) is 0. The molecule has 1 aromatic carbocycles. The third kappa shape index (κ3) is 1.59. The van der Waals surface area contributed by atoms with E-state index >= 15 is 0 Å². The van der Waals surface area contributed by atoms with Crippen molar-refractivity contribution in [3.8, 4) is 5.75 Å². The first-order chi connectivity index (χ1) is 5.54. The van der Waals surface area contributed by atoms with Crippen LogP contribution < -0.4 is 0 Å². The molecule has 0 saturated heterocycles. The first-order valence-corrected chi connectivity index (χ1v) is 4.08. The van der Waals surface area contributed by atoms with Gasteiger partial charge in [0.25, 0.3) is 5.24 Å². The summed E-state index contributed by atoms with van der Waals surface area (Å²) in [5.74, 6) is -1.62. The minimum atomic E-state index is -1.01. The molecule has 2 nitrogen and oxygen atoms in total. The zero-order valence-corrected chi connectivity index (χ0v) is 7.99. The molecule has 0 spiro atoms. The lowest BCUT2D eigenvalue weighted by Crippen LogP contribution is -1.94. The SMILES string of the molecule is O=C(Cl)c1ccc(Br)c(O)c1F. The number of phenols is 1. The maximum atomic E-state index is 12.9. The Labute approximate surface area is 81.1 Å². The predicted octanol–water partition coefficient (Wildman–Crippen LogP) is 2.67. The van der Waals surface area contributed by atoms with Crippen LogP contribution in [0.5, 0.6) is 5.75 Å². The highest BCUT2D eigenvalue weighted by Crippen LogP contribution is 2.29. The number of halogens is 3. The Balaban J connectivity index is 3.36. The van der Waals surface area contributed by atoms with Gasteiger partial charge >= 0.3 is 0 Å². The lowest BCUT2D eigenvalue weighted by Gasteiger charge is -2.00. The van der Waals surface area contributed by atoms with E-state index in [1.165, 1.54) is 12.1 Å². The molecule has 0 fully saturated rings. The molecular formula is C7H3BrClFO2. The molecule has 0 atom stereocenters. The molecule has 1 aromatic rings. The summed E-state index contributed by atoms with van der Waals surface area (Å²) in [5.41, 5.74) is -0.336. The quantitative estimate of drug-likeness (QED) is 0.781. The van der Waals surface area contributed by atoms with Gasteiger partial charge < -0.3 is 5.11 Å². The second kappa shape index (κ2) is 3.41. The van der Waals surface area contributed by atoms with Crippen LogP contribution in [0.15, 0.2) is 16.6 Å². The van der Waals surface area contributed by atoms with E-state index in [1.807, 2.05) is 0 Å². The third-order valence-electron chi connectivity index (χ3n) is 1.28. The van der Waals surface area contributed by atoms with E-state index in [4.69, 9.17) is 16.7 Å². The molecule has 1 N–H and O–H groups in total. The number of rotatable bonds is 1. The van der Waals surface area contributed by atoms with Crippen molar-refractivity contribution in [1.82, 2.24) is 0 Å². The number of phenolic OH excluding ortho intramolecular Hbond substituents is 1. The summed E-state index contributed by atoms with van der Waals surface area (Å²) in [6.45, 7) is 0. The molecule has 64 valence electrons. The van der Waals surface area contributed by atoms with Gasteiger partial charge in [-0.2, -0.15) is 0 Å². The Hall–Kier alpha value is -0.610. The van der Waals surface area contributed by atoms with Crippen molar-refractivity contribution in [2.75, 3.05) is 0 Å². The van der Waals surface area contributed by atoms with Gasteiger partial charge in [-0.25, -0.2) is 4.39 Å². The van der Waals surface area contributed by atoms with Crippen molar-refractivity contribution in [2.45, 2.75) is 0 Å². The van der Waals surface area contributed by atoms with Crippen LogP contribution >= 0.6 is 27.5 Å². The van der Waals surface area contributed by atoms with Gasteiger partial charge in [-0.3, -0.25) is 4.79 Å². The lowest BCUT2D eigenvalue weighted by atomic mass is 10.2. The van der Waals surface area contributed by atoms with E-state index in [0.717, 1.165) is 0 Å². The Bertz CT molecular complexity index is 340. The second-order valence-electron chi connectivity index (χ2n) is 2.03. The van der Waals surface area contributed by atoms with Crippen molar-refractivity contribution in [3.63, 3.8) is 0 Å². The molecule has 5 heteroatoms. The molecule has 0 radical (unpaired) electrons. The number of carbonyl (C=O) groups excluding carboxylic acids is 1. The number of hydrogen-bond acceptors (Lipinski definition) is 2. The summed E-state index contributed by atoms with van der Waals surface area (Å²) in [4.78, 5) is 10.5. The first kappa shape index (κ1) is 9.48. The first-order valence-electron chi connectivity index (χ1n) is 2.91. The predicted molar refractivity (Wildman–Crippen MR) is 45.9 cm³/mol. The van der Waals surface area contributed by atoms with E-state index in [9.17, 15) is 9.18 Å². The second-order valence-corrected chi connectivity index (χ2v) is 3.23. The number of carbonyl (C=O) groups is 1. The van der Waals surface area contributed by atoms with Crippen molar-refractivity contribution >= 4 is 32.8 Å². The fourth-order valence-electron chi connectivity index (χ4n) is 0.693. The van der Waals surface area contributed by atoms with Crippen molar-refractivity contribution < 1.29 is 14.3 Å². The number of benzene rings is 1. The van der Waals surface area contributed by atoms with E-state index < -0.39 is 16.8 Å². The molecule has 0 aliphatic carbocycles. The van der Waals surface area contributed by atoms with Gasteiger partial charge in [-0.15, -0.1) is 0 Å². The minimum absolute atomic E-state index is 0.182. The van der Waals surface area contributed by atoms with Crippen molar-refractivity contribution in [2.24, 2.45) is 0 Å². The molecule has 12 heavy (non-hydrogen) atoms. The van der Waals surface area contributed by atoms with Gasteiger partial charge in [0.1, 0.15) is 0 Å². The van der Waals surface area contributed by atoms with Crippen LogP contribution in [0, 0.1) is 5.82 Å². The van der Waals surface area contributed by atoms with Gasteiger partial charge in [0.05, 0.1) is 10.0 Å². The fraction of sp³-hybridized carbons (Fsp3) is 0. The van der Waals surface area contributed by atoms with E-state index in [1.54, 1.807) is 0 Å². The third-order valence-corrected chi connectivity index (χ3v) is 2.12. The zero-order chi connectivity index (χ0) is 9.30. The van der Waals surface area contributed by atoms with Gasteiger partial charge in [-0.05, 0) is 39.7 Å². The molecule has 0 heterocycles. The van der Waals surface area contributed by atoms with Gasteiger partial charge in [0.15, 0.2) is 11.6 Å². The van der Waals surface area contributed by atoms with Crippen LogP contribution in [0.1, 0.15) is 10.4 Å². The van der Waals surface area contributed by atoms with Gasteiger partial charge in [0, 0.05) is 0 Å². The average molecular weight is 253 g/mol. The normalized spacial score (nSPS) is 9.92. The highest BCUT2D eigenvalue weighted by atomic mass is 79.9. The van der Waals surface area contributed by atoms with E-state index in [0.29, 0.717) is 0 Å². The van der Waals surface area contributed by atoms with Gasteiger partial charge in [-0.1, -0.05) is 0 Å². The Morgan fingerprint density at radius 1 is 1.58 bits per heavy atom. The Kier molecular flexibility index (Phi) is 2.69. The van der Waals surface area contributed by atoms with E-state index in [-0.39, 0.29) is 10.0 Å². The molecule has 0 aliphatic rings. The summed E-state index contributed by atoms with van der Waals surface area (Å²) >= 11 is 7.91. The van der Waals surface area contributed by atoms with Crippen LogP contribution in [0.3, 0.4) is 0 Å². The monoisotopic (exact) mass is 252 g/mol. The molecule has 0 amide bonds. The maximum Gasteiger partial charge on any atom is 0.255 e. The Morgan fingerprint density at radius 3 is 2.67 bits per heavy atom. The van der Waals surface area contributed by atoms with Crippen LogP contribution in [-0.4, -0.2) is 10.3 Å². The van der Waals surface area contributed by atoms with Crippen LogP contribution in [0.2, 0.25) is 0 Å². The standard InChI is InChI=1S/C7H3BrClFO2/c8-4-2-1-3(7(9)12)5(10)6(4)11/h1-2,11H. The minimum Gasteiger partial charge on any atom is -0.504 e.